The Kier molecular flexibility index (Phi) is 7.35. The highest BCUT2D eigenvalue weighted by molar-refractivity contribution is 5.88. The summed E-state index contributed by atoms with van der Waals surface area (Å²) in [4.78, 5) is 37.6. The standard InChI is InChI=1S/C19H24N2O5/c1-2-17(23)21-10-8-15(9-11-21)18(24)20-16(12-22)19(25)26-13-14-6-4-3-5-7-14/h2-7,15-16,22H,1,8-13H2,(H,20,24)/t16-/m0/s1. The fraction of sp³-hybridized carbons (Fsp3) is 0.421. The van der Waals surface area contributed by atoms with E-state index < -0.39 is 18.6 Å². The Morgan fingerprint density at radius 2 is 1.92 bits per heavy atom. The third kappa shape index (κ3) is 5.42. The Morgan fingerprint density at radius 1 is 1.27 bits per heavy atom. The van der Waals surface area contributed by atoms with Crippen LogP contribution in [0.5, 0.6) is 0 Å². The second kappa shape index (κ2) is 9.72. The van der Waals surface area contributed by atoms with Crippen LogP contribution in [0.25, 0.3) is 0 Å². The molecule has 0 bridgehead atoms. The summed E-state index contributed by atoms with van der Waals surface area (Å²) in [5.41, 5.74) is 0.822. The zero-order valence-electron chi connectivity index (χ0n) is 14.6. The van der Waals surface area contributed by atoms with Gasteiger partial charge in [-0.3, -0.25) is 9.59 Å². The number of nitrogens with one attached hydrogen (secondary N) is 1. The average molecular weight is 360 g/mol. The van der Waals surface area contributed by atoms with Gasteiger partial charge in [0.05, 0.1) is 6.61 Å². The topological polar surface area (TPSA) is 95.9 Å². The highest BCUT2D eigenvalue weighted by atomic mass is 16.5. The summed E-state index contributed by atoms with van der Waals surface area (Å²) >= 11 is 0. The summed E-state index contributed by atoms with van der Waals surface area (Å²) in [5.74, 6) is -1.45. The molecule has 1 atom stereocenters. The predicted molar refractivity (Wildman–Crippen MR) is 94.8 cm³/mol. The molecular formula is C19H24N2O5. The molecule has 0 saturated carbocycles. The summed E-state index contributed by atoms with van der Waals surface area (Å²) in [7, 11) is 0. The van der Waals surface area contributed by atoms with Crippen LogP contribution < -0.4 is 5.32 Å². The van der Waals surface area contributed by atoms with Gasteiger partial charge in [0.2, 0.25) is 11.8 Å². The largest absolute Gasteiger partial charge is 0.459 e. The van der Waals surface area contributed by atoms with Crippen molar-refractivity contribution in [2.24, 2.45) is 5.92 Å². The second-order valence-electron chi connectivity index (χ2n) is 6.14. The summed E-state index contributed by atoms with van der Waals surface area (Å²) in [6, 6.07) is 8.06. The number of nitrogens with zero attached hydrogens (tertiary/aromatic N) is 1. The van der Waals surface area contributed by atoms with Gasteiger partial charge in [-0.25, -0.2) is 4.79 Å². The molecule has 1 heterocycles. The minimum absolute atomic E-state index is 0.0775. The minimum atomic E-state index is -1.10. The molecule has 2 rings (SSSR count). The molecular weight excluding hydrogens is 336 g/mol. The Hall–Kier alpha value is -2.67. The lowest BCUT2D eigenvalue weighted by Gasteiger charge is -2.31. The number of carbonyl (C=O) groups is 3. The average Bonchev–Trinajstić information content (AvgIpc) is 2.70. The molecule has 1 saturated heterocycles. The molecule has 1 fully saturated rings. The highest BCUT2D eigenvalue weighted by Crippen LogP contribution is 2.18. The fourth-order valence-electron chi connectivity index (χ4n) is 2.79. The lowest BCUT2D eigenvalue weighted by molar-refractivity contribution is -0.150. The van der Waals surface area contributed by atoms with Crippen molar-refractivity contribution in [2.45, 2.75) is 25.5 Å². The zero-order valence-corrected chi connectivity index (χ0v) is 14.6. The summed E-state index contributed by atoms with van der Waals surface area (Å²) in [5, 5.41) is 12.0. The molecule has 0 unspecified atom stereocenters. The number of piperidine rings is 1. The van der Waals surface area contributed by atoms with Crippen molar-refractivity contribution in [3.8, 4) is 0 Å². The summed E-state index contributed by atoms with van der Waals surface area (Å²) < 4.78 is 5.15. The van der Waals surface area contributed by atoms with Gasteiger partial charge in [-0.05, 0) is 24.5 Å². The van der Waals surface area contributed by atoms with E-state index in [-0.39, 0.29) is 24.3 Å². The van der Waals surface area contributed by atoms with Crippen molar-refractivity contribution in [1.29, 1.82) is 0 Å². The van der Waals surface area contributed by atoms with Gasteiger partial charge < -0.3 is 20.1 Å². The number of aliphatic hydroxyl groups excluding tert-OH is 1. The Bertz CT molecular complexity index is 639. The molecule has 140 valence electrons. The number of aliphatic hydroxyl groups is 1. The molecule has 7 nitrogen and oxygen atoms in total. The van der Waals surface area contributed by atoms with Crippen LogP contribution in [0.1, 0.15) is 18.4 Å². The van der Waals surface area contributed by atoms with Gasteiger partial charge in [0.25, 0.3) is 0 Å². The number of ether oxygens (including phenoxy) is 1. The van der Waals surface area contributed by atoms with Crippen LogP contribution in [0.3, 0.4) is 0 Å². The van der Waals surface area contributed by atoms with Crippen molar-refractivity contribution in [2.75, 3.05) is 19.7 Å². The van der Waals surface area contributed by atoms with Gasteiger partial charge in [-0.2, -0.15) is 0 Å². The molecule has 2 N–H and O–H groups in total. The number of amides is 2. The van der Waals surface area contributed by atoms with Gasteiger partial charge in [0.1, 0.15) is 6.61 Å². The quantitative estimate of drug-likeness (QED) is 0.549. The van der Waals surface area contributed by atoms with Gasteiger partial charge in [-0.15, -0.1) is 0 Å². The van der Waals surface area contributed by atoms with Crippen LogP contribution in [-0.4, -0.2) is 53.5 Å². The molecule has 1 aliphatic heterocycles. The monoisotopic (exact) mass is 360 g/mol. The van der Waals surface area contributed by atoms with Crippen LogP contribution >= 0.6 is 0 Å². The van der Waals surface area contributed by atoms with Crippen LogP contribution in [0, 0.1) is 5.92 Å². The van der Waals surface area contributed by atoms with Crippen molar-refractivity contribution >= 4 is 17.8 Å². The van der Waals surface area contributed by atoms with E-state index in [4.69, 9.17) is 4.74 Å². The first-order chi connectivity index (χ1) is 12.5. The third-order valence-electron chi connectivity index (χ3n) is 4.36. The van der Waals surface area contributed by atoms with Gasteiger partial charge in [0, 0.05) is 19.0 Å². The number of rotatable bonds is 7. The molecule has 1 aromatic rings. The highest BCUT2D eigenvalue weighted by Gasteiger charge is 2.29. The molecule has 1 aliphatic rings. The number of hydrogen-bond donors (Lipinski definition) is 2. The van der Waals surface area contributed by atoms with E-state index in [0.29, 0.717) is 25.9 Å². The molecule has 26 heavy (non-hydrogen) atoms. The molecule has 0 aliphatic carbocycles. The van der Waals surface area contributed by atoms with Crippen molar-refractivity contribution in [3.05, 3.63) is 48.6 Å². The number of esters is 1. The molecule has 1 aromatic carbocycles. The van der Waals surface area contributed by atoms with E-state index in [1.54, 1.807) is 4.90 Å². The molecule has 0 spiro atoms. The molecule has 2 amide bonds. The smallest absolute Gasteiger partial charge is 0.331 e. The van der Waals surface area contributed by atoms with E-state index in [9.17, 15) is 19.5 Å². The maximum atomic E-state index is 12.3. The Morgan fingerprint density at radius 3 is 2.50 bits per heavy atom. The van der Waals surface area contributed by atoms with Crippen molar-refractivity contribution in [1.82, 2.24) is 10.2 Å². The van der Waals surface area contributed by atoms with E-state index in [2.05, 4.69) is 11.9 Å². The molecule has 7 heteroatoms. The zero-order chi connectivity index (χ0) is 18.9. The van der Waals surface area contributed by atoms with Crippen LogP contribution in [-0.2, 0) is 25.7 Å². The van der Waals surface area contributed by atoms with Gasteiger partial charge in [0.15, 0.2) is 6.04 Å². The summed E-state index contributed by atoms with van der Waals surface area (Å²) in [6.45, 7) is 3.92. The van der Waals surface area contributed by atoms with Crippen LogP contribution in [0.15, 0.2) is 43.0 Å². The third-order valence-corrected chi connectivity index (χ3v) is 4.36. The first-order valence-corrected chi connectivity index (χ1v) is 8.58. The van der Waals surface area contributed by atoms with Crippen LogP contribution in [0.2, 0.25) is 0 Å². The lowest BCUT2D eigenvalue weighted by Crippen LogP contribution is -2.49. The van der Waals surface area contributed by atoms with E-state index in [1.165, 1.54) is 6.08 Å². The molecule has 0 radical (unpaired) electrons. The lowest BCUT2D eigenvalue weighted by atomic mass is 9.95. The molecule has 0 aromatic heterocycles. The van der Waals surface area contributed by atoms with Crippen LogP contribution in [0.4, 0.5) is 0 Å². The predicted octanol–water partition coefficient (Wildman–Crippen LogP) is 0.632. The number of likely N-dealkylation sites (tertiary alicyclic amines) is 1. The Labute approximate surface area is 152 Å². The van der Waals surface area contributed by atoms with E-state index >= 15 is 0 Å². The Balaban J connectivity index is 1.81. The first-order valence-electron chi connectivity index (χ1n) is 8.58. The normalized spacial score (nSPS) is 15.8. The van der Waals surface area contributed by atoms with Crippen molar-refractivity contribution < 1.29 is 24.2 Å². The maximum absolute atomic E-state index is 12.3. The fourth-order valence-corrected chi connectivity index (χ4v) is 2.79. The maximum Gasteiger partial charge on any atom is 0.331 e. The SMILES string of the molecule is C=CC(=O)N1CCC(C(=O)N[C@@H](CO)C(=O)OCc2ccccc2)CC1. The van der Waals surface area contributed by atoms with E-state index in [1.807, 2.05) is 30.3 Å². The summed E-state index contributed by atoms with van der Waals surface area (Å²) in [6.07, 6.45) is 2.26. The van der Waals surface area contributed by atoms with Gasteiger partial charge in [-0.1, -0.05) is 36.9 Å². The minimum Gasteiger partial charge on any atom is -0.459 e. The van der Waals surface area contributed by atoms with Gasteiger partial charge >= 0.3 is 5.97 Å². The van der Waals surface area contributed by atoms with E-state index in [0.717, 1.165) is 5.56 Å². The number of hydrogen-bond acceptors (Lipinski definition) is 5. The number of benzene rings is 1. The first kappa shape index (κ1) is 19.7. The van der Waals surface area contributed by atoms with Crippen molar-refractivity contribution in [3.63, 3.8) is 0 Å². The number of carbonyl (C=O) groups excluding carboxylic acids is 3. The second-order valence-corrected chi connectivity index (χ2v) is 6.14.